The largest absolute Gasteiger partial charge is 0.360 e. The molecule has 2 aromatic rings. The van der Waals surface area contributed by atoms with E-state index in [0.29, 0.717) is 12.5 Å². The molecule has 0 radical (unpaired) electrons. The molecule has 0 aliphatic heterocycles. The number of carbonyl (C=O) groups is 1. The molecule has 0 saturated carbocycles. The van der Waals surface area contributed by atoms with Crippen molar-refractivity contribution in [2.75, 3.05) is 5.32 Å². The molecule has 1 amide bonds. The van der Waals surface area contributed by atoms with Gasteiger partial charge in [0.25, 0.3) is 5.91 Å². The second kappa shape index (κ2) is 8.49. The van der Waals surface area contributed by atoms with E-state index in [1.807, 2.05) is 36.4 Å². The maximum Gasteiger partial charge on any atom is 0.263 e. The lowest BCUT2D eigenvalue weighted by atomic mass is 10.0. The monoisotopic (exact) mass is 320 g/mol. The van der Waals surface area contributed by atoms with Crippen LogP contribution in [0.2, 0.25) is 0 Å². The number of nitrogens with one attached hydrogen (secondary N) is 2. The number of aromatic nitrogens is 1. The van der Waals surface area contributed by atoms with Crippen LogP contribution in [0.5, 0.6) is 0 Å². The molecule has 5 nitrogen and oxygen atoms in total. The highest BCUT2D eigenvalue weighted by atomic mass is 16.1. The average molecular weight is 320 g/mol. The molecule has 0 spiro atoms. The Kier molecular flexibility index (Phi) is 6.09. The molecule has 122 valence electrons. The van der Waals surface area contributed by atoms with Crippen LogP contribution >= 0.6 is 0 Å². The molecule has 0 aliphatic rings. The number of anilines is 1. The summed E-state index contributed by atoms with van der Waals surface area (Å²) in [5, 5.41) is 15.0. The minimum Gasteiger partial charge on any atom is -0.360 e. The van der Waals surface area contributed by atoms with E-state index in [0.717, 1.165) is 16.8 Å². The zero-order chi connectivity index (χ0) is 17.4. The first-order valence-corrected chi connectivity index (χ1v) is 7.74. The minimum absolute atomic E-state index is 0.0254. The molecule has 0 fully saturated rings. The predicted molar refractivity (Wildman–Crippen MR) is 93.9 cm³/mol. The molecule has 0 aliphatic carbocycles. The van der Waals surface area contributed by atoms with Crippen LogP contribution in [-0.2, 0) is 11.3 Å². The molecule has 0 atom stereocenters. The fourth-order valence-electron chi connectivity index (χ4n) is 2.21. The van der Waals surface area contributed by atoms with Crippen LogP contribution in [0, 0.1) is 11.3 Å². The quantitative estimate of drug-likeness (QED) is 0.632. The van der Waals surface area contributed by atoms with E-state index >= 15 is 0 Å². The second-order valence-corrected chi connectivity index (χ2v) is 5.60. The third kappa shape index (κ3) is 4.68. The third-order valence-electron chi connectivity index (χ3n) is 3.50. The van der Waals surface area contributed by atoms with Crippen molar-refractivity contribution in [3.63, 3.8) is 0 Å². The number of benzene rings is 1. The maximum absolute atomic E-state index is 12.1. The van der Waals surface area contributed by atoms with E-state index in [-0.39, 0.29) is 5.57 Å². The van der Waals surface area contributed by atoms with Gasteiger partial charge in [0.15, 0.2) is 0 Å². The lowest BCUT2D eigenvalue weighted by Gasteiger charge is -2.12. The average Bonchev–Trinajstić information content (AvgIpc) is 2.61. The number of amides is 1. The Morgan fingerprint density at radius 3 is 2.75 bits per heavy atom. The van der Waals surface area contributed by atoms with Crippen LogP contribution in [0.4, 0.5) is 5.69 Å². The first-order chi connectivity index (χ1) is 11.6. The number of para-hydroxylation sites is 1. The third-order valence-corrected chi connectivity index (χ3v) is 3.50. The Bertz CT molecular complexity index is 760. The fourth-order valence-corrected chi connectivity index (χ4v) is 2.21. The molecule has 1 heterocycles. The van der Waals surface area contributed by atoms with Gasteiger partial charge in [-0.3, -0.25) is 9.78 Å². The van der Waals surface area contributed by atoms with Crippen molar-refractivity contribution in [1.82, 2.24) is 10.3 Å². The van der Waals surface area contributed by atoms with Gasteiger partial charge in [-0.1, -0.05) is 38.1 Å². The van der Waals surface area contributed by atoms with Crippen molar-refractivity contribution in [2.45, 2.75) is 26.3 Å². The van der Waals surface area contributed by atoms with Crippen LogP contribution in [-0.4, -0.2) is 10.9 Å². The topological polar surface area (TPSA) is 77.8 Å². The van der Waals surface area contributed by atoms with E-state index < -0.39 is 5.91 Å². The standard InChI is InChI=1S/C19H20N4O/c1-14(2)17-7-3-4-8-18(17)22-13-16(10-20)19(24)23-12-15-6-5-9-21-11-15/h3-9,11,13-14,22H,12H2,1-2H3,(H,23,24)/b16-13-. The first-order valence-electron chi connectivity index (χ1n) is 7.74. The van der Waals surface area contributed by atoms with E-state index in [1.165, 1.54) is 6.20 Å². The summed E-state index contributed by atoms with van der Waals surface area (Å²) < 4.78 is 0. The van der Waals surface area contributed by atoms with Crippen LogP contribution in [0.25, 0.3) is 0 Å². The smallest absolute Gasteiger partial charge is 0.263 e. The summed E-state index contributed by atoms with van der Waals surface area (Å²) in [7, 11) is 0. The number of nitriles is 1. The van der Waals surface area contributed by atoms with Gasteiger partial charge in [0, 0.05) is 30.8 Å². The molecule has 24 heavy (non-hydrogen) atoms. The molecule has 5 heteroatoms. The summed E-state index contributed by atoms with van der Waals surface area (Å²) in [5.41, 5.74) is 2.92. The van der Waals surface area contributed by atoms with Crippen LogP contribution in [0.15, 0.2) is 60.6 Å². The van der Waals surface area contributed by atoms with E-state index in [9.17, 15) is 10.1 Å². The lowest BCUT2D eigenvalue weighted by molar-refractivity contribution is -0.117. The molecule has 1 aromatic heterocycles. The number of carbonyl (C=O) groups excluding carboxylic acids is 1. The highest BCUT2D eigenvalue weighted by Crippen LogP contribution is 2.23. The Balaban J connectivity index is 2.04. The van der Waals surface area contributed by atoms with Gasteiger partial charge in [0.2, 0.25) is 0 Å². The molecule has 0 saturated heterocycles. The van der Waals surface area contributed by atoms with Gasteiger partial charge < -0.3 is 10.6 Å². The number of hydrogen-bond acceptors (Lipinski definition) is 4. The maximum atomic E-state index is 12.1. The van der Waals surface area contributed by atoms with Crippen molar-refractivity contribution in [3.8, 4) is 6.07 Å². The highest BCUT2D eigenvalue weighted by Gasteiger charge is 2.10. The Morgan fingerprint density at radius 1 is 1.29 bits per heavy atom. The molecular weight excluding hydrogens is 300 g/mol. The zero-order valence-electron chi connectivity index (χ0n) is 13.8. The van der Waals surface area contributed by atoms with Crippen molar-refractivity contribution >= 4 is 11.6 Å². The van der Waals surface area contributed by atoms with Crippen molar-refractivity contribution in [2.24, 2.45) is 0 Å². The summed E-state index contributed by atoms with van der Waals surface area (Å²) in [6.45, 7) is 4.51. The van der Waals surface area contributed by atoms with Gasteiger partial charge in [-0.05, 0) is 29.2 Å². The molecule has 2 rings (SSSR count). The molecule has 0 unspecified atom stereocenters. The SMILES string of the molecule is CC(C)c1ccccc1N/C=C(/C#N)C(=O)NCc1cccnc1. The van der Waals surface area contributed by atoms with Gasteiger partial charge in [-0.2, -0.15) is 5.26 Å². The summed E-state index contributed by atoms with van der Waals surface area (Å²) in [4.78, 5) is 16.1. The van der Waals surface area contributed by atoms with Gasteiger partial charge in [0.1, 0.15) is 11.6 Å². The number of nitrogens with zero attached hydrogens (tertiary/aromatic N) is 2. The second-order valence-electron chi connectivity index (χ2n) is 5.60. The Morgan fingerprint density at radius 2 is 2.08 bits per heavy atom. The Labute approximate surface area is 142 Å². The van der Waals surface area contributed by atoms with Crippen molar-refractivity contribution < 1.29 is 4.79 Å². The van der Waals surface area contributed by atoms with Crippen molar-refractivity contribution in [1.29, 1.82) is 5.26 Å². The van der Waals surface area contributed by atoms with Gasteiger partial charge in [-0.25, -0.2) is 0 Å². The van der Waals surface area contributed by atoms with E-state index in [2.05, 4.69) is 29.5 Å². The lowest BCUT2D eigenvalue weighted by Crippen LogP contribution is -2.24. The first kappa shape index (κ1) is 17.2. The fraction of sp³-hybridized carbons (Fsp3) is 0.211. The summed E-state index contributed by atoms with van der Waals surface area (Å²) in [5.74, 6) is -0.0806. The van der Waals surface area contributed by atoms with Gasteiger partial charge in [0.05, 0.1) is 0 Å². The molecule has 1 aromatic carbocycles. The molecular formula is C19H20N4O. The van der Waals surface area contributed by atoms with E-state index in [4.69, 9.17) is 0 Å². The number of pyridine rings is 1. The summed E-state index contributed by atoms with van der Waals surface area (Å²) >= 11 is 0. The number of hydrogen-bond donors (Lipinski definition) is 2. The highest BCUT2D eigenvalue weighted by molar-refractivity contribution is 5.97. The molecule has 2 N–H and O–H groups in total. The van der Waals surface area contributed by atoms with Gasteiger partial charge in [-0.15, -0.1) is 0 Å². The number of rotatable bonds is 6. The predicted octanol–water partition coefficient (Wildman–Crippen LogP) is 3.34. The van der Waals surface area contributed by atoms with Gasteiger partial charge >= 0.3 is 0 Å². The Hall–Kier alpha value is -3.13. The van der Waals surface area contributed by atoms with Crippen molar-refractivity contribution in [3.05, 3.63) is 71.7 Å². The van der Waals surface area contributed by atoms with E-state index in [1.54, 1.807) is 18.5 Å². The summed E-state index contributed by atoms with van der Waals surface area (Å²) in [6.07, 6.45) is 4.79. The van der Waals surface area contributed by atoms with Crippen LogP contribution in [0.3, 0.4) is 0 Å². The normalized spacial score (nSPS) is 11.0. The van der Waals surface area contributed by atoms with Crippen LogP contribution < -0.4 is 10.6 Å². The molecule has 0 bridgehead atoms. The minimum atomic E-state index is -0.420. The van der Waals surface area contributed by atoms with Crippen LogP contribution in [0.1, 0.15) is 30.9 Å². The zero-order valence-corrected chi connectivity index (χ0v) is 13.8. The summed E-state index contributed by atoms with van der Waals surface area (Å²) in [6, 6.07) is 13.4.